The van der Waals surface area contributed by atoms with E-state index in [1.165, 1.54) is 0 Å². The summed E-state index contributed by atoms with van der Waals surface area (Å²) in [6.45, 7) is 1.96. The molecule has 1 aromatic rings. The molecule has 0 aromatic heterocycles. The molecule has 0 spiro atoms. The molecule has 2 aliphatic rings. The van der Waals surface area contributed by atoms with Gasteiger partial charge in [-0.1, -0.05) is 6.07 Å². The summed E-state index contributed by atoms with van der Waals surface area (Å²) >= 11 is 0. The van der Waals surface area contributed by atoms with Gasteiger partial charge in [-0.2, -0.15) is 0 Å². The van der Waals surface area contributed by atoms with Gasteiger partial charge >= 0.3 is 0 Å². The number of benzene rings is 1. The highest BCUT2D eigenvalue weighted by Crippen LogP contribution is 2.28. The number of rotatable bonds is 7. The molecule has 1 aliphatic heterocycles. The Morgan fingerprint density at radius 1 is 1.19 bits per heavy atom. The summed E-state index contributed by atoms with van der Waals surface area (Å²) in [6.07, 6.45) is 5.76. The number of carbonyl (C=O) groups is 2. The number of hydrogen-bond donors (Lipinski definition) is 2. The highest BCUT2D eigenvalue weighted by Gasteiger charge is 2.25. The third-order valence-electron chi connectivity index (χ3n) is 5.36. The van der Waals surface area contributed by atoms with Crippen molar-refractivity contribution in [3.63, 3.8) is 0 Å². The van der Waals surface area contributed by atoms with Gasteiger partial charge in [0, 0.05) is 24.6 Å². The molecule has 1 heterocycles. The number of ether oxygens (including phenoxy) is 2. The van der Waals surface area contributed by atoms with E-state index in [9.17, 15) is 9.59 Å². The van der Waals surface area contributed by atoms with E-state index in [1.54, 1.807) is 12.1 Å². The maximum Gasteiger partial charge on any atom is 0.251 e. The Morgan fingerprint density at radius 2 is 2.00 bits per heavy atom. The second kappa shape index (κ2) is 9.03. The molecule has 142 valence electrons. The number of nitrogens with one attached hydrogen (secondary N) is 1. The van der Waals surface area contributed by atoms with Crippen LogP contribution in [-0.4, -0.2) is 37.7 Å². The molecule has 1 atom stereocenters. The van der Waals surface area contributed by atoms with Crippen molar-refractivity contribution in [3.05, 3.63) is 29.8 Å². The van der Waals surface area contributed by atoms with Gasteiger partial charge in [-0.05, 0) is 62.6 Å². The normalized spacial score (nSPS) is 25.6. The molecule has 0 unspecified atom stereocenters. The van der Waals surface area contributed by atoms with Gasteiger partial charge in [0.15, 0.2) is 0 Å². The first-order valence-electron chi connectivity index (χ1n) is 9.54. The molecule has 6 heteroatoms. The van der Waals surface area contributed by atoms with Crippen molar-refractivity contribution in [2.45, 2.75) is 44.6 Å². The topological polar surface area (TPSA) is 90.7 Å². The lowest BCUT2D eigenvalue weighted by Gasteiger charge is -2.26. The predicted molar refractivity (Wildman–Crippen MR) is 97.9 cm³/mol. The van der Waals surface area contributed by atoms with Crippen LogP contribution in [0.15, 0.2) is 24.3 Å². The number of carbonyl (C=O) groups excluding carboxylic acids is 2. The summed E-state index contributed by atoms with van der Waals surface area (Å²) in [4.78, 5) is 23.6. The molecular formula is C20H28N2O4. The smallest absolute Gasteiger partial charge is 0.251 e. The Kier molecular flexibility index (Phi) is 6.50. The van der Waals surface area contributed by atoms with Crippen molar-refractivity contribution < 1.29 is 19.1 Å². The third kappa shape index (κ3) is 5.21. The van der Waals surface area contributed by atoms with Gasteiger partial charge < -0.3 is 20.5 Å². The lowest BCUT2D eigenvalue weighted by atomic mass is 9.81. The summed E-state index contributed by atoms with van der Waals surface area (Å²) in [7, 11) is 0. The van der Waals surface area contributed by atoms with Gasteiger partial charge in [-0.15, -0.1) is 0 Å². The quantitative estimate of drug-likeness (QED) is 0.780. The zero-order valence-electron chi connectivity index (χ0n) is 15.1. The van der Waals surface area contributed by atoms with Crippen LogP contribution < -0.4 is 15.8 Å². The average molecular weight is 360 g/mol. The van der Waals surface area contributed by atoms with E-state index in [4.69, 9.17) is 15.2 Å². The van der Waals surface area contributed by atoms with Crippen LogP contribution in [0.4, 0.5) is 0 Å². The van der Waals surface area contributed by atoms with Gasteiger partial charge in [0.05, 0.1) is 6.10 Å². The molecule has 6 nitrogen and oxygen atoms in total. The SMILES string of the molecule is NC(=O)C1CCC(CNC(=O)c2cccc(OC[C@H]3CCCO3)c2)CC1. The van der Waals surface area contributed by atoms with Crippen LogP contribution >= 0.6 is 0 Å². The van der Waals surface area contributed by atoms with E-state index in [1.807, 2.05) is 12.1 Å². The van der Waals surface area contributed by atoms with Crippen molar-refractivity contribution in [2.75, 3.05) is 19.8 Å². The minimum atomic E-state index is -0.202. The highest BCUT2D eigenvalue weighted by molar-refractivity contribution is 5.94. The Bertz CT molecular complexity index is 620. The number of hydrogen-bond acceptors (Lipinski definition) is 4. The molecule has 1 saturated heterocycles. The minimum absolute atomic E-state index is 0.000344. The molecule has 0 radical (unpaired) electrons. The number of nitrogens with two attached hydrogens (primary N) is 1. The predicted octanol–water partition coefficient (Wildman–Crippen LogP) is 2.27. The molecule has 3 N–H and O–H groups in total. The fraction of sp³-hybridized carbons (Fsp3) is 0.600. The van der Waals surface area contributed by atoms with Crippen LogP contribution in [0.5, 0.6) is 5.75 Å². The van der Waals surface area contributed by atoms with E-state index in [-0.39, 0.29) is 23.8 Å². The third-order valence-corrected chi connectivity index (χ3v) is 5.36. The molecule has 1 aromatic carbocycles. The Labute approximate surface area is 154 Å². The number of amides is 2. The first-order chi connectivity index (χ1) is 12.6. The maximum absolute atomic E-state index is 12.4. The molecule has 0 bridgehead atoms. The summed E-state index contributed by atoms with van der Waals surface area (Å²) in [6, 6.07) is 7.25. The Morgan fingerprint density at radius 3 is 2.69 bits per heavy atom. The minimum Gasteiger partial charge on any atom is -0.491 e. The largest absolute Gasteiger partial charge is 0.491 e. The molecule has 1 saturated carbocycles. The van der Waals surface area contributed by atoms with Gasteiger partial charge in [-0.25, -0.2) is 0 Å². The van der Waals surface area contributed by atoms with Gasteiger partial charge in [0.1, 0.15) is 12.4 Å². The van der Waals surface area contributed by atoms with Crippen LogP contribution in [0.3, 0.4) is 0 Å². The van der Waals surface area contributed by atoms with Gasteiger partial charge in [0.25, 0.3) is 5.91 Å². The molecule has 26 heavy (non-hydrogen) atoms. The van der Waals surface area contributed by atoms with Gasteiger partial charge in [0.2, 0.25) is 5.91 Å². The van der Waals surface area contributed by atoms with E-state index in [0.29, 0.717) is 30.4 Å². The van der Waals surface area contributed by atoms with Gasteiger partial charge in [-0.3, -0.25) is 9.59 Å². The molecule has 3 rings (SSSR count). The second-order valence-electron chi connectivity index (χ2n) is 7.30. The lowest BCUT2D eigenvalue weighted by Crippen LogP contribution is -2.33. The van der Waals surface area contributed by atoms with E-state index < -0.39 is 0 Å². The lowest BCUT2D eigenvalue weighted by molar-refractivity contribution is -0.122. The molecule has 2 fully saturated rings. The first kappa shape index (κ1) is 18.7. The van der Waals surface area contributed by atoms with Crippen molar-refractivity contribution in [1.82, 2.24) is 5.32 Å². The fourth-order valence-electron chi connectivity index (χ4n) is 3.68. The Hall–Kier alpha value is -2.08. The molecule has 1 aliphatic carbocycles. The summed E-state index contributed by atoms with van der Waals surface area (Å²) < 4.78 is 11.3. The van der Waals surface area contributed by atoms with Crippen LogP contribution in [0, 0.1) is 11.8 Å². The standard InChI is InChI=1S/C20H28N2O4/c21-19(23)15-8-6-14(7-9-15)12-22-20(24)16-3-1-4-17(11-16)26-13-18-5-2-10-25-18/h1,3-4,11,14-15,18H,2,5-10,12-13H2,(H2,21,23)(H,22,24)/t14?,15?,18-/m1/s1. The average Bonchev–Trinajstić information content (AvgIpc) is 3.18. The summed E-state index contributed by atoms with van der Waals surface area (Å²) in [5.74, 6) is 0.806. The summed E-state index contributed by atoms with van der Waals surface area (Å²) in [5, 5.41) is 3.00. The van der Waals surface area contributed by atoms with Crippen LogP contribution in [0.1, 0.15) is 48.9 Å². The second-order valence-corrected chi connectivity index (χ2v) is 7.30. The fourth-order valence-corrected chi connectivity index (χ4v) is 3.68. The summed E-state index contributed by atoms with van der Waals surface area (Å²) in [5.41, 5.74) is 5.96. The maximum atomic E-state index is 12.4. The highest BCUT2D eigenvalue weighted by atomic mass is 16.5. The zero-order valence-corrected chi connectivity index (χ0v) is 15.1. The van der Waals surface area contributed by atoms with Crippen molar-refractivity contribution >= 4 is 11.8 Å². The van der Waals surface area contributed by atoms with E-state index in [2.05, 4.69) is 5.32 Å². The van der Waals surface area contributed by atoms with E-state index in [0.717, 1.165) is 45.1 Å². The van der Waals surface area contributed by atoms with Crippen LogP contribution in [0.25, 0.3) is 0 Å². The monoisotopic (exact) mass is 360 g/mol. The van der Waals surface area contributed by atoms with Crippen molar-refractivity contribution in [2.24, 2.45) is 17.6 Å². The van der Waals surface area contributed by atoms with Crippen LogP contribution in [-0.2, 0) is 9.53 Å². The van der Waals surface area contributed by atoms with Crippen LogP contribution in [0.2, 0.25) is 0 Å². The van der Waals surface area contributed by atoms with Crippen molar-refractivity contribution in [3.8, 4) is 5.75 Å². The van der Waals surface area contributed by atoms with E-state index >= 15 is 0 Å². The molecule has 2 amide bonds. The number of primary amides is 1. The first-order valence-corrected chi connectivity index (χ1v) is 9.54. The Balaban J connectivity index is 1.44. The molecular weight excluding hydrogens is 332 g/mol. The van der Waals surface area contributed by atoms with Crippen molar-refractivity contribution in [1.29, 1.82) is 0 Å². The zero-order chi connectivity index (χ0) is 18.4.